The van der Waals surface area contributed by atoms with Crippen molar-refractivity contribution in [3.8, 4) is 0 Å². The Morgan fingerprint density at radius 2 is 2.00 bits per heavy atom. The van der Waals surface area contributed by atoms with Crippen LogP contribution < -0.4 is 5.56 Å². The second-order valence-electron chi connectivity index (χ2n) is 4.26. The zero-order valence-corrected chi connectivity index (χ0v) is 11.5. The maximum Gasteiger partial charge on any atom is 0.256 e. The largest absolute Gasteiger partial charge is 0.296 e. The lowest BCUT2D eigenvalue weighted by atomic mass is 10.1. The second-order valence-corrected chi connectivity index (χ2v) is 4.26. The van der Waals surface area contributed by atoms with Crippen molar-refractivity contribution in [1.29, 1.82) is 0 Å². The van der Waals surface area contributed by atoms with Crippen LogP contribution in [0.4, 0.5) is 0 Å². The van der Waals surface area contributed by atoms with Gasteiger partial charge < -0.3 is 0 Å². The van der Waals surface area contributed by atoms with Gasteiger partial charge in [0.2, 0.25) is 0 Å². The Balaban J connectivity index is 0.000000686. The van der Waals surface area contributed by atoms with E-state index in [0.717, 1.165) is 49.3 Å². The molecule has 0 saturated heterocycles. The van der Waals surface area contributed by atoms with Crippen LogP contribution >= 0.6 is 0 Å². The molecule has 0 N–H and O–H groups in total. The molecule has 0 bridgehead atoms. The van der Waals surface area contributed by atoms with Gasteiger partial charge in [-0.2, -0.15) is 0 Å². The first-order valence-corrected chi connectivity index (χ1v) is 6.83. The number of aromatic nitrogens is 2. The molecule has 17 heavy (non-hydrogen) atoms. The van der Waals surface area contributed by atoms with Crippen LogP contribution in [0.25, 0.3) is 0 Å². The molecule has 2 rings (SSSR count). The summed E-state index contributed by atoms with van der Waals surface area (Å²) in [4.78, 5) is 16.7. The van der Waals surface area contributed by atoms with Gasteiger partial charge in [0.05, 0.1) is 0 Å². The van der Waals surface area contributed by atoms with Gasteiger partial charge in [0.25, 0.3) is 5.56 Å². The molecule has 0 saturated carbocycles. The molecule has 0 amide bonds. The van der Waals surface area contributed by atoms with Crippen molar-refractivity contribution in [3.63, 3.8) is 0 Å². The van der Waals surface area contributed by atoms with Crippen molar-refractivity contribution in [3.05, 3.63) is 27.4 Å². The van der Waals surface area contributed by atoms with Crippen LogP contribution in [-0.2, 0) is 19.4 Å². The average Bonchev–Trinajstić information content (AvgIpc) is 2.37. The highest BCUT2D eigenvalue weighted by molar-refractivity contribution is 5.18. The van der Waals surface area contributed by atoms with Crippen molar-refractivity contribution in [1.82, 2.24) is 9.55 Å². The third-order valence-electron chi connectivity index (χ3n) is 3.08. The van der Waals surface area contributed by atoms with Crippen LogP contribution in [0, 0.1) is 6.92 Å². The number of rotatable bonds is 2. The number of nitrogens with zero attached hydrogens (tertiary/aromatic N) is 2. The maximum atomic E-state index is 12.1. The van der Waals surface area contributed by atoms with E-state index >= 15 is 0 Å². The van der Waals surface area contributed by atoms with Crippen LogP contribution in [-0.4, -0.2) is 9.55 Å². The molecular weight excluding hydrogens is 212 g/mol. The Kier molecular flexibility index (Phi) is 5.39. The maximum absolute atomic E-state index is 12.1. The topological polar surface area (TPSA) is 34.9 Å². The van der Waals surface area contributed by atoms with Gasteiger partial charge in [0, 0.05) is 24.2 Å². The van der Waals surface area contributed by atoms with Gasteiger partial charge in [-0.15, -0.1) is 0 Å². The lowest BCUT2D eigenvalue weighted by molar-refractivity contribution is 0.489. The van der Waals surface area contributed by atoms with Gasteiger partial charge in [0.1, 0.15) is 5.82 Å². The monoisotopic (exact) mass is 236 g/mol. The normalized spacial score (nSPS) is 13.6. The van der Waals surface area contributed by atoms with Crippen molar-refractivity contribution in [2.75, 3.05) is 0 Å². The number of aryl methyl sites for hydroxylation is 2. The van der Waals surface area contributed by atoms with Crippen molar-refractivity contribution in [2.45, 2.75) is 66.3 Å². The van der Waals surface area contributed by atoms with E-state index in [1.807, 2.05) is 25.3 Å². The highest BCUT2D eigenvalue weighted by atomic mass is 16.1. The smallest absolute Gasteiger partial charge is 0.256 e. The van der Waals surface area contributed by atoms with Gasteiger partial charge in [-0.05, 0) is 26.2 Å². The van der Waals surface area contributed by atoms with E-state index < -0.39 is 0 Å². The van der Waals surface area contributed by atoms with E-state index in [1.165, 1.54) is 6.42 Å². The van der Waals surface area contributed by atoms with Crippen LogP contribution in [0.2, 0.25) is 0 Å². The Hall–Kier alpha value is -1.12. The molecule has 2 heterocycles. The van der Waals surface area contributed by atoms with E-state index in [-0.39, 0.29) is 5.56 Å². The Bertz CT molecular complexity index is 421. The fourth-order valence-electron chi connectivity index (χ4n) is 2.27. The molecule has 1 aliphatic rings. The molecule has 1 aromatic heterocycles. The van der Waals surface area contributed by atoms with E-state index in [2.05, 4.69) is 11.9 Å². The summed E-state index contributed by atoms with van der Waals surface area (Å²) in [6.07, 6.45) is 5.11. The summed E-state index contributed by atoms with van der Waals surface area (Å²) < 4.78 is 1.88. The van der Waals surface area contributed by atoms with Crippen LogP contribution in [0.3, 0.4) is 0 Å². The fraction of sp³-hybridized carbons (Fsp3) is 0.714. The summed E-state index contributed by atoms with van der Waals surface area (Å²) in [5.41, 5.74) is 2.07. The molecule has 1 aromatic rings. The van der Waals surface area contributed by atoms with Gasteiger partial charge in [0.15, 0.2) is 0 Å². The molecule has 3 heteroatoms. The lowest BCUT2D eigenvalue weighted by Gasteiger charge is -2.19. The first-order chi connectivity index (χ1) is 8.24. The molecule has 0 aliphatic carbocycles. The molecule has 0 atom stereocenters. The molecule has 96 valence electrons. The average molecular weight is 236 g/mol. The molecular formula is C14H24N2O. The van der Waals surface area contributed by atoms with E-state index in [0.29, 0.717) is 0 Å². The van der Waals surface area contributed by atoms with Gasteiger partial charge in [-0.25, -0.2) is 4.98 Å². The molecule has 3 nitrogen and oxygen atoms in total. The highest BCUT2D eigenvalue weighted by Gasteiger charge is 2.15. The molecule has 1 aliphatic heterocycles. The second kappa shape index (κ2) is 6.58. The molecule has 0 unspecified atom stereocenters. The predicted octanol–water partition coefficient (Wildman–Crippen LogP) is 2.87. The zero-order valence-electron chi connectivity index (χ0n) is 11.5. The minimum atomic E-state index is 0.207. The minimum Gasteiger partial charge on any atom is -0.296 e. The third-order valence-corrected chi connectivity index (χ3v) is 3.08. The number of fused-ring (bicyclic) bond motifs is 1. The number of hydrogen-bond acceptors (Lipinski definition) is 2. The summed E-state index contributed by atoms with van der Waals surface area (Å²) in [5, 5.41) is 0. The van der Waals surface area contributed by atoms with E-state index in [4.69, 9.17) is 0 Å². The first kappa shape index (κ1) is 13.9. The van der Waals surface area contributed by atoms with Gasteiger partial charge in [-0.1, -0.05) is 27.2 Å². The SMILES string of the molecule is CC.CCCc1c(C)nc2n(c1=O)CCCC2. The molecule has 0 fully saturated rings. The third kappa shape index (κ3) is 2.96. The van der Waals surface area contributed by atoms with Crippen LogP contribution in [0.15, 0.2) is 4.79 Å². The van der Waals surface area contributed by atoms with Gasteiger partial charge in [-0.3, -0.25) is 9.36 Å². The Morgan fingerprint density at radius 3 is 2.65 bits per heavy atom. The first-order valence-electron chi connectivity index (χ1n) is 6.83. The molecule has 0 aromatic carbocycles. The number of hydrogen-bond donors (Lipinski definition) is 0. The Morgan fingerprint density at radius 1 is 1.29 bits per heavy atom. The van der Waals surface area contributed by atoms with E-state index in [1.54, 1.807) is 0 Å². The van der Waals surface area contributed by atoms with Crippen molar-refractivity contribution < 1.29 is 0 Å². The lowest BCUT2D eigenvalue weighted by Crippen LogP contribution is -2.31. The van der Waals surface area contributed by atoms with Crippen molar-refractivity contribution >= 4 is 0 Å². The molecule has 0 radical (unpaired) electrons. The summed E-state index contributed by atoms with van der Waals surface area (Å²) in [5.74, 6) is 0.989. The standard InChI is InChI=1S/C12H18N2O.C2H6/c1-3-6-10-9(2)13-11-7-4-5-8-14(11)12(10)15;1-2/h3-8H2,1-2H3;1-2H3. The summed E-state index contributed by atoms with van der Waals surface area (Å²) >= 11 is 0. The quantitative estimate of drug-likeness (QED) is 0.791. The molecule has 0 spiro atoms. The highest BCUT2D eigenvalue weighted by Crippen LogP contribution is 2.12. The summed E-state index contributed by atoms with van der Waals surface area (Å²) in [6.45, 7) is 8.92. The van der Waals surface area contributed by atoms with E-state index in [9.17, 15) is 4.79 Å². The van der Waals surface area contributed by atoms with Crippen molar-refractivity contribution in [2.24, 2.45) is 0 Å². The zero-order chi connectivity index (χ0) is 12.8. The fourth-order valence-corrected chi connectivity index (χ4v) is 2.27. The summed E-state index contributed by atoms with van der Waals surface area (Å²) in [7, 11) is 0. The minimum absolute atomic E-state index is 0.207. The Labute approximate surface area is 104 Å². The predicted molar refractivity (Wildman–Crippen MR) is 71.5 cm³/mol. The van der Waals surface area contributed by atoms with Crippen LogP contribution in [0.1, 0.15) is 57.1 Å². The summed E-state index contributed by atoms with van der Waals surface area (Å²) in [6, 6.07) is 0. The van der Waals surface area contributed by atoms with Gasteiger partial charge >= 0.3 is 0 Å². The van der Waals surface area contributed by atoms with Crippen LogP contribution in [0.5, 0.6) is 0 Å².